The molecule has 2 aromatic carbocycles. The highest BCUT2D eigenvalue weighted by atomic mass is 35.5. The summed E-state index contributed by atoms with van der Waals surface area (Å²) in [6.07, 6.45) is 0.905. The summed E-state index contributed by atoms with van der Waals surface area (Å²) in [5.74, 6) is 1.20. The molecule has 0 spiro atoms. The molecule has 7 nitrogen and oxygen atoms in total. The van der Waals surface area contributed by atoms with Crippen LogP contribution >= 0.6 is 11.6 Å². The molecule has 1 fully saturated rings. The fourth-order valence-electron chi connectivity index (χ4n) is 4.07. The van der Waals surface area contributed by atoms with E-state index in [4.69, 9.17) is 21.1 Å². The van der Waals surface area contributed by atoms with Gasteiger partial charge in [0, 0.05) is 63.1 Å². The van der Waals surface area contributed by atoms with Gasteiger partial charge < -0.3 is 19.7 Å². The lowest BCUT2D eigenvalue weighted by molar-refractivity contribution is 0.104. The molecule has 0 amide bonds. The molecule has 190 valence electrons. The summed E-state index contributed by atoms with van der Waals surface area (Å²) in [5, 5.41) is 3.20. The smallest absolute Gasteiger partial charge is 0.162 e. The van der Waals surface area contributed by atoms with E-state index in [2.05, 4.69) is 45.7 Å². The summed E-state index contributed by atoms with van der Waals surface area (Å²) >= 11 is 5.93. The lowest BCUT2D eigenvalue weighted by Crippen LogP contribution is -2.49. The molecule has 0 unspecified atom stereocenters. The van der Waals surface area contributed by atoms with Crippen LogP contribution in [0.1, 0.15) is 25.8 Å². The Labute approximate surface area is 212 Å². The van der Waals surface area contributed by atoms with Crippen molar-refractivity contribution in [3.63, 3.8) is 0 Å². The molecule has 1 N–H and O–H groups in total. The normalized spacial score (nSPS) is 15.3. The van der Waals surface area contributed by atoms with Crippen LogP contribution in [-0.2, 0) is 0 Å². The lowest BCUT2D eigenvalue weighted by atomic mass is 10.1. The summed E-state index contributed by atoms with van der Waals surface area (Å²) in [6.45, 7) is 14.1. The zero-order chi connectivity index (χ0) is 25.4. The quantitative estimate of drug-likeness (QED) is 0.277. The zero-order valence-electron chi connectivity index (χ0n) is 21.0. The first kappa shape index (κ1) is 26.9. The van der Waals surface area contributed by atoms with Gasteiger partial charge in [-0.3, -0.25) is 14.9 Å². The Morgan fingerprint density at radius 2 is 1.91 bits per heavy atom. The summed E-state index contributed by atoms with van der Waals surface area (Å²) in [4.78, 5) is 13.5. The number of anilines is 1. The molecule has 0 atom stereocenters. The van der Waals surface area contributed by atoms with E-state index in [0.717, 1.165) is 39.1 Å². The Kier molecular flexibility index (Phi) is 9.89. The Bertz CT molecular complexity index is 1040. The maximum atomic E-state index is 13.6. The predicted molar refractivity (Wildman–Crippen MR) is 143 cm³/mol. The van der Waals surface area contributed by atoms with Gasteiger partial charge in [0.25, 0.3) is 0 Å². The van der Waals surface area contributed by atoms with Gasteiger partial charge in [-0.05, 0) is 51.3 Å². The van der Waals surface area contributed by atoms with E-state index in [0.29, 0.717) is 46.9 Å². The van der Waals surface area contributed by atoms with Gasteiger partial charge in [-0.2, -0.15) is 0 Å². The van der Waals surface area contributed by atoms with Crippen molar-refractivity contribution in [3.8, 4) is 11.5 Å². The van der Waals surface area contributed by atoms with Gasteiger partial charge in [0.15, 0.2) is 11.5 Å². The molecule has 0 aromatic heterocycles. The molecular weight excluding hydrogens is 469 g/mol. The second-order valence-corrected chi connectivity index (χ2v) is 9.09. The summed E-state index contributed by atoms with van der Waals surface area (Å²) < 4.78 is 25.2. The second kappa shape index (κ2) is 12.9. The highest BCUT2D eigenvalue weighted by Crippen LogP contribution is 2.36. The molecule has 3 rings (SSSR count). The van der Waals surface area contributed by atoms with Crippen molar-refractivity contribution >= 4 is 35.5 Å². The fourth-order valence-corrected chi connectivity index (χ4v) is 4.25. The molecule has 35 heavy (non-hydrogen) atoms. The van der Waals surface area contributed by atoms with Crippen LogP contribution in [0.5, 0.6) is 11.5 Å². The topological polar surface area (TPSA) is 61.7 Å². The first-order valence-corrected chi connectivity index (χ1v) is 12.2. The number of hydrogen-bond donors (Lipinski definition) is 1. The Balaban J connectivity index is 1.68. The number of aliphatic imine (C=N–C) groups is 2. The summed E-state index contributed by atoms with van der Waals surface area (Å²) in [6, 6.07) is 8.61. The SMILES string of the molecule is C=Nc1cc(OC)c(OCCCN2CCN(C(C)C)CC2)cc1/C(=N\C)Nc1ccc(F)c(Cl)c1. The van der Waals surface area contributed by atoms with E-state index in [9.17, 15) is 4.39 Å². The third kappa shape index (κ3) is 7.16. The van der Waals surface area contributed by atoms with Crippen molar-refractivity contribution in [2.45, 2.75) is 26.3 Å². The third-order valence-electron chi connectivity index (χ3n) is 6.13. The summed E-state index contributed by atoms with van der Waals surface area (Å²) in [7, 11) is 3.25. The minimum absolute atomic E-state index is 0.0249. The number of nitrogens with one attached hydrogen (secondary N) is 1. The predicted octanol–water partition coefficient (Wildman–Crippen LogP) is 5.10. The molecular formula is C26H35ClFN5O2. The van der Waals surface area contributed by atoms with Gasteiger partial charge in [-0.15, -0.1) is 0 Å². The van der Waals surface area contributed by atoms with Gasteiger partial charge in [0.05, 0.1) is 24.4 Å². The molecule has 0 aliphatic carbocycles. The van der Waals surface area contributed by atoms with Crippen molar-refractivity contribution in [1.82, 2.24) is 9.80 Å². The third-order valence-corrected chi connectivity index (χ3v) is 6.42. The average molecular weight is 504 g/mol. The van der Waals surface area contributed by atoms with Gasteiger partial charge in [0.1, 0.15) is 11.7 Å². The molecule has 0 saturated carbocycles. The monoisotopic (exact) mass is 503 g/mol. The Morgan fingerprint density at radius 3 is 2.51 bits per heavy atom. The number of piperazine rings is 1. The number of rotatable bonds is 10. The van der Waals surface area contributed by atoms with E-state index in [1.54, 1.807) is 26.3 Å². The number of methoxy groups -OCH3 is 1. The standard InChI is InChI=1S/C26H35ClFN5O2/c1-18(2)33-12-10-32(11-13-33)9-6-14-35-25-16-20(23(29-3)17-24(25)34-5)26(30-4)31-19-7-8-22(28)21(27)15-19/h7-8,15-18H,3,6,9-14H2,1-2,4-5H3,(H,30,31). The molecule has 0 bridgehead atoms. The highest BCUT2D eigenvalue weighted by molar-refractivity contribution is 6.31. The van der Waals surface area contributed by atoms with Gasteiger partial charge in [-0.25, -0.2) is 4.39 Å². The van der Waals surface area contributed by atoms with Crippen LogP contribution < -0.4 is 14.8 Å². The van der Waals surface area contributed by atoms with Gasteiger partial charge in [0.2, 0.25) is 0 Å². The van der Waals surface area contributed by atoms with E-state index in [1.807, 2.05) is 6.07 Å². The molecule has 1 aliphatic rings. The van der Waals surface area contributed by atoms with Crippen LogP contribution in [0.4, 0.5) is 15.8 Å². The van der Waals surface area contributed by atoms with E-state index in [1.165, 1.54) is 12.1 Å². The second-order valence-electron chi connectivity index (χ2n) is 8.68. The van der Waals surface area contributed by atoms with Crippen LogP contribution in [0.25, 0.3) is 0 Å². The van der Waals surface area contributed by atoms with E-state index >= 15 is 0 Å². The van der Waals surface area contributed by atoms with E-state index in [-0.39, 0.29) is 5.02 Å². The van der Waals surface area contributed by atoms with Crippen molar-refractivity contribution in [2.24, 2.45) is 9.98 Å². The Hall–Kier alpha value is -2.68. The van der Waals surface area contributed by atoms with Crippen LogP contribution in [0.15, 0.2) is 40.3 Å². The summed E-state index contributed by atoms with van der Waals surface area (Å²) in [5.41, 5.74) is 1.87. The first-order valence-electron chi connectivity index (χ1n) is 11.8. The molecule has 2 aromatic rings. The zero-order valence-corrected chi connectivity index (χ0v) is 21.7. The molecule has 0 radical (unpaired) electrons. The number of amidine groups is 1. The van der Waals surface area contributed by atoms with Gasteiger partial charge in [-0.1, -0.05) is 11.6 Å². The van der Waals surface area contributed by atoms with Crippen molar-refractivity contribution in [1.29, 1.82) is 0 Å². The average Bonchev–Trinajstić information content (AvgIpc) is 2.87. The lowest BCUT2D eigenvalue weighted by Gasteiger charge is -2.36. The number of benzene rings is 2. The Morgan fingerprint density at radius 1 is 1.17 bits per heavy atom. The van der Waals surface area contributed by atoms with Gasteiger partial charge >= 0.3 is 0 Å². The maximum absolute atomic E-state index is 13.6. The number of ether oxygens (including phenoxy) is 2. The minimum Gasteiger partial charge on any atom is -0.493 e. The van der Waals surface area contributed by atoms with Crippen LogP contribution in [0.2, 0.25) is 5.02 Å². The minimum atomic E-state index is -0.484. The van der Waals surface area contributed by atoms with Crippen molar-refractivity contribution in [2.75, 3.05) is 58.8 Å². The number of nitrogens with zero attached hydrogens (tertiary/aromatic N) is 4. The molecule has 9 heteroatoms. The fraction of sp³-hybridized carbons (Fsp3) is 0.462. The van der Waals surface area contributed by atoms with Crippen LogP contribution in [0.3, 0.4) is 0 Å². The van der Waals surface area contributed by atoms with Crippen molar-refractivity contribution < 1.29 is 13.9 Å². The maximum Gasteiger partial charge on any atom is 0.162 e. The first-order chi connectivity index (χ1) is 16.9. The molecule has 1 saturated heterocycles. The van der Waals surface area contributed by atoms with Crippen molar-refractivity contribution in [3.05, 3.63) is 46.7 Å². The van der Waals surface area contributed by atoms with Crippen LogP contribution in [-0.4, -0.2) is 81.9 Å². The highest BCUT2D eigenvalue weighted by Gasteiger charge is 2.19. The number of hydrogen-bond acceptors (Lipinski definition) is 6. The number of halogens is 2. The largest absolute Gasteiger partial charge is 0.493 e. The molecule has 1 aliphatic heterocycles. The van der Waals surface area contributed by atoms with Crippen LogP contribution in [0, 0.1) is 5.82 Å². The van der Waals surface area contributed by atoms with E-state index < -0.39 is 5.82 Å². The molecule has 1 heterocycles.